The van der Waals surface area contributed by atoms with Gasteiger partial charge in [-0.3, -0.25) is 4.99 Å². The van der Waals surface area contributed by atoms with E-state index in [1.807, 2.05) is 45.0 Å². The molecule has 1 atom stereocenters. The van der Waals surface area contributed by atoms with E-state index in [0.717, 1.165) is 6.07 Å². The monoisotopic (exact) mass is 483 g/mol. The summed E-state index contributed by atoms with van der Waals surface area (Å²) in [5.41, 5.74) is 0.278. The molecule has 0 amide bonds. The number of hydrogen-bond acceptors (Lipinski definition) is 1. The molecule has 6 heteroatoms. The Kier molecular flexibility index (Phi) is 12.5. The Morgan fingerprint density at radius 2 is 1.31 bits per heavy atom. The molecule has 0 aromatic heterocycles. The molecule has 0 bridgehead atoms. The molecule has 1 N–H and O–H groups in total. The Bertz CT molecular complexity index is 1050. The Morgan fingerprint density at radius 1 is 0.829 bits per heavy atom. The van der Waals surface area contributed by atoms with Crippen LogP contribution in [0.5, 0.6) is 0 Å². The molecule has 0 radical (unpaired) electrons. The van der Waals surface area contributed by atoms with E-state index in [2.05, 4.69) is 34.4 Å². The molecular weight excluding hydrogens is 447 g/mol. The summed E-state index contributed by atoms with van der Waals surface area (Å²) in [4.78, 5) is 8.30. The fourth-order valence-corrected chi connectivity index (χ4v) is 3.31. The summed E-state index contributed by atoms with van der Waals surface area (Å²) in [6, 6.07) is 24.8. The number of aryl methyl sites for hydroxylation is 1. The number of nitrogens with zero attached hydrogens (tertiary/aromatic N) is 2. The normalized spacial score (nSPS) is 13.1. The van der Waals surface area contributed by atoms with E-state index in [1.165, 1.54) is 17.7 Å². The molecule has 0 heterocycles. The van der Waals surface area contributed by atoms with Gasteiger partial charge in [-0.15, -0.1) is 0 Å². The van der Waals surface area contributed by atoms with Crippen LogP contribution in [0.25, 0.3) is 0 Å². The van der Waals surface area contributed by atoms with Crippen molar-refractivity contribution < 1.29 is 13.2 Å². The quantitative estimate of drug-likeness (QED) is 0.296. The van der Waals surface area contributed by atoms with E-state index >= 15 is 0 Å². The molecule has 3 aromatic rings. The zero-order valence-electron chi connectivity index (χ0n) is 21.4. The van der Waals surface area contributed by atoms with Gasteiger partial charge in [0.1, 0.15) is 0 Å². The molecule has 0 saturated carbocycles. The number of hydrogen-bond donors (Lipinski definition) is 1. The zero-order valence-corrected chi connectivity index (χ0v) is 21.4. The van der Waals surface area contributed by atoms with Crippen LogP contribution in [0.1, 0.15) is 56.4 Å². The first-order valence-electron chi connectivity index (χ1n) is 11.7. The van der Waals surface area contributed by atoms with Crippen molar-refractivity contribution in [2.24, 2.45) is 9.98 Å². The van der Waals surface area contributed by atoms with E-state index < -0.39 is 17.3 Å². The van der Waals surface area contributed by atoms with Gasteiger partial charge in [0.05, 0.1) is 11.1 Å². The first kappa shape index (κ1) is 29.6. The lowest BCUT2D eigenvalue weighted by Crippen LogP contribution is -2.45. The van der Waals surface area contributed by atoms with Gasteiger partial charge in [0.25, 0.3) is 0 Å². The average Bonchev–Trinajstić information content (AvgIpc) is 2.88. The van der Waals surface area contributed by atoms with Crippen molar-refractivity contribution in [3.8, 4) is 0 Å². The van der Waals surface area contributed by atoms with Gasteiger partial charge < -0.3 is 5.32 Å². The van der Waals surface area contributed by atoms with Crippen LogP contribution in [0.3, 0.4) is 0 Å². The SMILES string of the molecule is CC.CC/C=N\C(=NC)NC(C)(c1ccccc1)c1ccccc1C(F)(F)F.Cc1ccccc1. The lowest BCUT2D eigenvalue weighted by Gasteiger charge is -2.34. The maximum atomic E-state index is 13.6. The van der Waals surface area contributed by atoms with E-state index in [-0.39, 0.29) is 11.5 Å². The summed E-state index contributed by atoms with van der Waals surface area (Å²) in [6.07, 6.45) is -2.11. The smallest absolute Gasteiger partial charge is 0.341 e. The van der Waals surface area contributed by atoms with Crippen LogP contribution >= 0.6 is 0 Å². The Balaban J connectivity index is 0.000000574. The van der Waals surface area contributed by atoms with E-state index in [4.69, 9.17) is 0 Å². The Hall–Kier alpha value is -3.41. The molecule has 0 fully saturated rings. The number of guanidine groups is 1. The number of alkyl halides is 3. The highest BCUT2D eigenvalue weighted by molar-refractivity contribution is 5.88. The average molecular weight is 484 g/mol. The third-order valence-electron chi connectivity index (χ3n) is 5.03. The number of aliphatic imine (C=N–C) groups is 2. The highest BCUT2D eigenvalue weighted by Crippen LogP contribution is 2.39. The molecule has 3 rings (SSSR count). The highest BCUT2D eigenvalue weighted by Gasteiger charge is 2.40. The summed E-state index contributed by atoms with van der Waals surface area (Å²) in [7, 11) is 1.55. The van der Waals surface area contributed by atoms with E-state index in [9.17, 15) is 13.2 Å². The van der Waals surface area contributed by atoms with E-state index in [1.54, 1.807) is 50.5 Å². The maximum Gasteiger partial charge on any atom is 0.416 e. The second-order valence-corrected chi connectivity index (χ2v) is 7.58. The standard InChI is InChI=1S/C20H22F3N3.C7H8.C2H6/c1-4-14-25-18(24-3)26-19(2,15-10-6-5-7-11-15)16-12-8-9-13-17(16)20(21,22)23;1-7-5-3-2-4-6-7;1-2/h5-14H,4H2,1-3H3,(H,24,26);2-6H,1H3;1-2H3/b25-14-;;. The van der Waals surface area contributed by atoms with Gasteiger partial charge in [-0.05, 0) is 37.5 Å². The summed E-state index contributed by atoms with van der Waals surface area (Å²) in [5.74, 6) is 0.273. The summed E-state index contributed by atoms with van der Waals surface area (Å²) in [6.45, 7) is 9.71. The Morgan fingerprint density at radius 3 is 1.74 bits per heavy atom. The third-order valence-corrected chi connectivity index (χ3v) is 5.03. The van der Waals surface area contributed by atoms with Gasteiger partial charge in [0.15, 0.2) is 0 Å². The second kappa shape index (κ2) is 14.8. The highest BCUT2D eigenvalue weighted by atomic mass is 19.4. The predicted octanol–water partition coefficient (Wildman–Crippen LogP) is 8.05. The summed E-state index contributed by atoms with van der Waals surface area (Å²) < 4.78 is 40.9. The molecule has 0 saturated heterocycles. The van der Waals surface area contributed by atoms with Gasteiger partial charge in [-0.1, -0.05) is 105 Å². The number of rotatable bonds is 4. The van der Waals surface area contributed by atoms with Crippen LogP contribution in [-0.4, -0.2) is 19.2 Å². The molecule has 0 aliphatic heterocycles. The minimum atomic E-state index is -4.47. The first-order chi connectivity index (χ1) is 16.7. The van der Waals surface area contributed by atoms with Crippen molar-refractivity contribution in [3.05, 3.63) is 107 Å². The minimum Gasteiger partial charge on any atom is -0.341 e. The minimum absolute atomic E-state index is 0.117. The second-order valence-electron chi connectivity index (χ2n) is 7.58. The van der Waals surface area contributed by atoms with Crippen LogP contribution < -0.4 is 5.32 Å². The molecule has 3 aromatic carbocycles. The largest absolute Gasteiger partial charge is 0.416 e. The fourth-order valence-electron chi connectivity index (χ4n) is 3.31. The Labute approximate surface area is 207 Å². The fraction of sp³-hybridized carbons (Fsp3) is 0.310. The molecular formula is C29H36F3N3. The van der Waals surface area contributed by atoms with Gasteiger partial charge in [-0.2, -0.15) is 13.2 Å². The lowest BCUT2D eigenvalue weighted by molar-refractivity contribution is -0.138. The van der Waals surface area contributed by atoms with Crippen LogP contribution in [0.4, 0.5) is 13.2 Å². The number of benzene rings is 3. The van der Waals surface area contributed by atoms with Crippen molar-refractivity contribution in [2.45, 2.75) is 52.8 Å². The van der Waals surface area contributed by atoms with Crippen molar-refractivity contribution in [3.63, 3.8) is 0 Å². The van der Waals surface area contributed by atoms with Crippen molar-refractivity contribution >= 4 is 12.2 Å². The maximum absolute atomic E-state index is 13.6. The molecule has 0 spiro atoms. The van der Waals surface area contributed by atoms with Crippen molar-refractivity contribution in [1.29, 1.82) is 0 Å². The topological polar surface area (TPSA) is 36.8 Å². The summed E-state index contributed by atoms with van der Waals surface area (Å²) in [5, 5.41) is 3.11. The van der Waals surface area contributed by atoms with Crippen molar-refractivity contribution in [1.82, 2.24) is 5.32 Å². The van der Waals surface area contributed by atoms with Gasteiger partial charge in [0, 0.05) is 13.3 Å². The zero-order chi connectivity index (χ0) is 26.3. The molecule has 188 valence electrons. The van der Waals surface area contributed by atoms with Gasteiger partial charge >= 0.3 is 6.18 Å². The van der Waals surface area contributed by atoms with Gasteiger partial charge in [-0.25, -0.2) is 4.99 Å². The predicted molar refractivity (Wildman–Crippen MR) is 142 cm³/mol. The molecule has 35 heavy (non-hydrogen) atoms. The molecule has 0 aliphatic rings. The lowest BCUT2D eigenvalue weighted by atomic mass is 9.82. The van der Waals surface area contributed by atoms with Crippen molar-refractivity contribution in [2.75, 3.05) is 7.05 Å². The summed E-state index contributed by atoms with van der Waals surface area (Å²) >= 11 is 0. The number of nitrogens with one attached hydrogen (secondary N) is 1. The molecule has 3 nitrogen and oxygen atoms in total. The van der Waals surface area contributed by atoms with Crippen LogP contribution in [-0.2, 0) is 11.7 Å². The van der Waals surface area contributed by atoms with Crippen LogP contribution in [0.15, 0.2) is 94.9 Å². The number of halogens is 3. The first-order valence-corrected chi connectivity index (χ1v) is 11.7. The van der Waals surface area contributed by atoms with Crippen LogP contribution in [0.2, 0.25) is 0 Å². The van der Waals surface area contributed by atoms with E-state index in [0.29, 0.717) is 12.0 Å². The van der Waals surface area contributed by atoms with Gasteiger partial charge in [0.2, 0.25) is 5.96 Å². The molecule has 1 unspecified atom stereocenters. The van der Waals surface area contributed by atoms with Crippen LogP contribution in [0, 0.1) is 6.92 Å². The molecule has 0 aliphatic carbocycles. The third kappa shape index (κ3) is 9.04.